The van der Waals surface area contributed by atoms with Crippen LogP contribution < -0.4 is 4.72 Å². The molecule has 0 amide bonds. The Labute approximate surface area is 137 Å². The first-order valence-corrected chi connectivity index (χ1v) is 9.20. The number of halogens is 2. The van der Waals surface area contributed by atoms with Gasteiger partial charge in [0.05, 0.1) is 15.0 Å². The smallest absolute Gasteiger partial charge is 0.263 e. The van der Waals surface area contributed by atoms with Gasteiger partial charge in [-0.2, -0.15) is 5.26 Å². The van der Waals surface area contributed by atoms with Crippen LogP contribution in [0.1, 0.15) is 10.4 Å². The highest BCUT2D eigenvalue weighted by atomic mass is 79.9. The summed E-state index contributed by atoms with van der Waals surface area (Å²) in [7, 11) is -3.70. The van der Waals surface area contributed by atoms with Gasteiger partial charge >= 0.3 is 0 Å². The molecule has 8 heteroatoms. The number of nitriles is 1. The van der Waals surface area contributed by atoms with Crippen LogP contribution >= 0.6 is 43.2 Å². The number of thiophene rings is 1. The quantitative estimate of drug-likeness (QED) is 0.783. The molecule has 0 radical (unpaired) electrons. The van der Waals surface area contributed by atoms with E-state index in [9.17, 15) is 8.42 Å². The predicted molar refractivity (Wildman–Crippen MR) is 86.4 cm³/mol. The lowest BCUT2D eigenvalue weighted by atomic mass is 10.2. The molecule has 4 nitrogen and oxygen atoms in total. The lowest BCUT2D eigenvalue weighted by molar-refractivity contribution is 0.601. The fourth-order valence-corrected chi connectivity index (χ4v) is 5.45. The molecule has 1 aromatic heterocycles. The highest BCUT2D eigenvalue weighted by Crippen LogP contribution is 2.31. The van der Waals surface area contributed by atoms with Crippen LogP contribution in [-0.2, 0) is 10.0 Å². The first-order chi connectivity index (χ1) is 9.33. The lowest BCUT2D eigenvalue weighted by Crippen LogP contribution is -2.14. The van der Waals surface area contributed by atoms with Gasteiger partial charge in [0.2, 0.25) is 0 Å². The van der Waals surface area contributed by atoms with Gasteiger partial charge in [-0.1, -0.05) is 15.9 Å². The third-order valence-corrected chi connectivity index (χ3v) is 6.15. The second-order valence-corrected chi connectivity index (χ2v) is 9.08. The highest BCUT2D eigenvalue weighted by Gasteiger charge is 2.20. The predicted octanol–water partition coefficient (Wildman–Crippen LogP) is 4.25. The molecule has 104 valence electrons. The van der Waals surface area contributed by atoms with Crippen LogP contribution in [0.2, 0.25) is 0 Å². The van der Waals surface area contributed by atoms with Gasteiger partial charge in [-0.25, -0.2) is 8.42 Å². The van der Waals surface area contributed by atoms with Gasteiger partial charge in [0.1, 0.15) is 11.0 Å². The summed E-state index contributed by atoms with van der Waals surface area (Å²) in [6.07, 6.45) is 0. The van der Waals surface area contributed by atoms with Gasteiger partial charge in [0, 0.05) is 9.35 Å². The van der Waals surface area contributed by atoms with Gasteiger partial charge in [0.25, 0.3) is 10.0 Å². The average molecular weight is 436 g/mol. The van der Waals surface area contributed by atoms with Gasteiger partial charge in [-0.15, -0.1) is 11.3 Å². The Hall–Kier alpha value is -0.880. The first-order valence-electron chi connectivity index (χ1n) is 5.32. The van der Waals surface area contributed by atoms with E-state index in [1.54, 1.807) is 31.2 Å². The van der Waals surface area contributed by atoms with Gasteiger partial charge in [-0.3, -0.25) is 4.72 Å². The molecule has 0 aliphatic rings. The molecule has 0 bridgehead atoms. The molecule has 0 aliphatic carbocycles. The zero-order chi connectivity index (χ0) is 14.9. The van der Waals surface area contributed by atoms with Crippen molar-refractivity contribution < 1.29 is 8.42 Å². The highest BCUT2D eigenvalue weighted by molar-refractivity contribution is 9.11. The molecule has 1 aromatic carbocycles. The van der Waals surface area contributed by atoms with E-state index in [4.69, 9.17) is 5.26 Å². The molecule has 20 heavy (non-hydrogen) atoms. The van der Waals surface area contributed by atoms with Crippen molar-refractivity contribution in [2.75, 3.05) is 4.72 Å². The minimum absolute atomic E-state index is 0.209. The number of sulfonamides is 1. The summed E-state index contributed by atoms with van der Waals surface area (Å²) in [5, 5.41) is 9.06. The molecular formula is C12H8Br2N2O2S2. The van der Waals surface area contributed by atoms with Gasteiger partial charge in [-0.05, 0) is 47.1 Å². The maximum Gasteiger partial charge on any atom is 0.263 e. The van der Waals surface area contributed by atoms with Crippen LogP contribution in [0.3, 0.4) is 0 Å². The number of hydrogen-bond acceptors (Lipinski definition) is 4. The maximum atomic E-state index is 12.3. The number of nitrogens with zero attached hydrogens (tertiary/aromatic N) is 1. The Kier molecular flexibility index (Phi) is 4.54. The van der Waals surface area contributed by atoms with Crippen molar-refractivity contribution in [3.63, 3.8) is 0 Å². The molecule has 2 aromatic rings. The fourth-order valence-electron chi connectivity index (χ4n) is 1.60. The molecule has 0 saturated heterocycles. The van der Waals surface area contributed by atoms with Crippen LogP contribution in [-0.4, -0.2) is 8.42 Å². The molecule has 0 fully saturated rings. The summed E-state index contributed by atoms with van der Waals surface area (Å²) in [4.78, 5) is 0.890. The Balaban J connectivity index is 2.44. The van der Waals surface area contributed by atoms with Crippen molar-refractivity contribution in [2.24, 2.45) is 0 Å². The van der Waals surface area contributed by atoms with Gasteiger partial charge < -0.3 is 0 Å². The summed E-state index contributed by atoms with van der Waals surface area (Å²) >= 11 is 7.85. The molecule has 1 N–H and O–H groups in total. The normalized spacial score (nSPS) is 11.1. The van der Waals surface area contributed by atoms with Crippen LogP contribution in [0.15, 0.2) is 37.4 Å². The number of rotatable bonds is 3. The molecular weight excluding hydrogens is 428 g/mol. The number of benzene rings is 1. The molecule has 1 heterocycles. The van der Waals surface area contributed by atoms with E-state index in [1.807, 2.05) is 6.07 Å². The van der Waals surface area contributed by atoms with Crippen LogP contribution in [0.5, 0.6) is 0 Å². The van der Waals surface area contributed by atoms with E-state index in [1.165, 1.54) is 11.3 Å². The zero-order valence-corrected chi connectivity index (χ0v) is 15.0. The summed E-state index contributed by atoms with van der Waals surface area (Å²) in [6.45, 7) is 1.73. The minimum Gasteiger partial charge on any atom is -0.278 e. The summed E-state index contributed by atoms with van der Waals surface area (Å²) in [6, 6.07) is 8.31. The molecule has 0 spiro atoms. The van der Waals surface area contributed by atoms with Crippen molar-refractivity contribution in [1.82, 2.24) is 0 Å². The fraction of sp³-hybridized carbons (Fsp3) is 0.0833. The van der Waals surface area contributed by atoms with E-state index in [0.717, 1.165) is 3.79 Å². The van der Waals surface area contributed by atoms with E-state index in [-0.39, 0.29) is 16.1 Å². The topological polar surface area (TPSA) is 70.0 Å². The van der Waals surface area contributed by atoms with E-state index < -0.39 is 10.0 Å². The SMILES string of the molecule is Cc1sc(Br)cc1S(=O)(=O)Nc1ccc(Br)cc1C#N. The summed E-state index contributed by atoms with van der Waals surface area (Å²) in [5.41, 5.74) is 0.521. The van der Waals surface area contributed by atoms with E-state index in [0.29, 0.717) is 9.35 Å². The third kappa shape index (κ3) is 3.23. The van der Waals surface area contributed by atoms with Crippen molar-refractivity contribution in [3.05, 3.63) is 43.0 Å². The monoisotopic (exact) mass is 434 g/mol. The first kappa shape index (κ1) is 15.5. The van der Waals surface area contributed by atoms with E-state index in [2.05, 4.69) is 36.6 Å². The minimum atomic E-state index is -3.70. The Morgan fingerprint density at radius 1 is 1.30 bits per heavy atom. The van der Waals surface area contributed by atoms with Crippen molar-refractivity contribution >= 4 is 58.9 Å². The van der Waals surface area contributed by atoms with Gasteiger partial charge in [0.15, 0.2) is 0 Å². The van der Waals surface area contributed by atoms with Crippen molar-refractivity contribution in [2.45, 2.75) is 11.8 Å². The standard InChI is InChI=1S/C12H8Br2N2O2S2/c1-7-11(5-12(14)19-7)20(17,18)16-10-3-2-9(13)4-8(10)6-15/h2-5,16H,1H3. The third-order valence-electron chi connectivity index (χ3n) is 2.48. The number of hydrogen-bond donors (Lipinski definition) is 1. The molecule has 0 aliphatic heterocycles. The number of nitrogens with one attached hydrogen (secondary N) is 1. The Bertz CT molecular complexity index is 807. The Morgan fingerprint density at radius 2 is 2.00 bits per heavy atom. The largest absolute Gasteiger partial charge is 0.278 e. The van der Waals surface area contributed by atoms with Crippen molar-refractivity contribution in [1.29, 1.82) is 5.26 Å². The van der Waals surface area contributed by atoms with Crippen LogP contribution in [0.25, 0.3) is 0 Å². The molecule has 0 atom stereocenters. The van der Waals surface area contributed by atoms with Crippen LogP contribution in [0, 0.1) is 18.3 Å². The summed E-state index contributed by atoms with van der Waals surface area (Å²) < 4.78 is 28.6. The second kappa shape index (κ2) is 5.85. The second-order valence-electron chi connectivity index (χ2n) is 3.88. The van der Waals surface area contributed by atoms with Crippen molar-refractivity contribution in [3.8, 4) is 6.07 Å². The Morgan fingerprint density at radius 3 is 2.55 bits per heavy atom. The average Bonchev–Trinajstić information content (AvgIpc) is 2.71. The zero-order valence-electron chi connectivity index (χ0n) is 10.1. The lowest BCUT2D eigenvalue weighted by Gasteiger charge is -2.09. The number of anilines is 1. The molecule has 0 saturated carbocycles. The van der Waals surface area contributed by atoms with E-state index >= 15 is 0 Å². The van der Waals surface area contributed by atoms with Crippen LogP contribution in [0.4, 0.5) is 5.69 Å². The molecule has 0 unspecified atom stereocenters. The summed E-state index contributed by atoms with van der Waals surface area (Å²) in [5.74, 6) is 0. The molecule has 2 rings (SSSR count). The maximum absolute atomic E-state index is 12.3. The number of aryl methyl sites for hydroxylation is 1.